The Hall–Kier alpha value is -2.54. The summed E-state index contributed by atoms with van der Waals surface area (Å²) < 4.78 is 0. The van der Waals surface area contributed by atoms with Crippen molar-refractivity contribution in [2.45, 2.75) is 5.92 Å². The van der Waals surface area contributed by atoms with E-state index in [1.54, 1.807) is 42.6 Å². The Morgan fingerprint density at radius 3 is 2.47 bits per heavy atom. The van der Waals surface area contributed by atoms with Gasteiger partial charge in [-0.3, -0.25) is 4.98 Å². The number of pyridine rings is 1. The summed E-state index contributed by atoms with van der Waals surface area (Å²) >= 11 is 0. The molecule has 0 amide bonds. The molecule has 1 unspecified atom stereocenters. The third kappa shape index (κ3) is 2.34. The van der Waals surface area contributed by atoms with E-state index in [9.17, 15) is 10.2 Å². The quantitative estimate of drug-likeness (QED) is 0.750. The molecule has 0 saturated heterocycles. The van der Waals surface area contributed by atoms with Crippen molar-refractivity contribution >= 4 is 5.69 Å². The highest BCUT2D eigenvalue weighted by molar-refractivity contribution is 5.43. The van der Waals surface area contributed by atoms with Crippen molar-refractivity contribution in [2.24, 2.45) is 5.18 Å². The first-order chi connectivity index (χ1) is 8.35. The third-order valence-corrected chi connectivity index (χ3v) is 2.44. The zero-order valence-corrected chi connectivity index (χ0v) is 8.95. The molecule has 1 aromatic heterocycles. The molecule has 1 atom stereocenters. The van der Waals surface area contributed by atoms with E-state index < -0.39 is 5.92 Å². The van der Waals surface area contributed by atoms with Crippen LogP contribution >= 0.6 is 0 Å². The van der Waals surface area contributed by atoms with Crippen LogP contribution in [0.1, 0.15) is 17.2 Å². The molecule has 0 aliphatic heterocycles. The van der Waals surface area contributed by atoms with Crippen LogP contribution in [0.5, 0.6) is 0 Å². The maximum absolute atomic E-state index is 10.3. The van der Waals surface area contributed by atoms with E-state index in [-0.39, 0.29) is 0 Å². The Morgan fingerprint density at radius 1 is 1.18 bits per heavy atom. The van der Waals surface area contributed by atoms with Gasteiger partial charge in [0.25, 0.3) is 0 Å². The van der Waals surface area contributed by atoms with Gasteiger partial charge in [-0.15, -0.1) is 4.91 Å². The van der Waals surface area contributed by atoms with Gasteiger partial charge in [-0.25, -0.2) is 0 Å². The summed E-state index contributed by atoms with van der Waals surface area (Å²) in [6, 6.07) is 14.3. The van der Waals surface area contributed by atoms with Gasteiger partial charge < -0.3 is 0 Å². The topological polar surface area (TPSA) is 66.1 Å². The minimum atomic E-state index is -0.420. The Balaban J connectivity index is 2.36. The lowest BCUT2D eigenvalue weighted by molar-refractivity contribution is 0.966. The van der Waals surface area contributed by atoms with Crippen LogP contribution in [0.25, 0.3) is 0 Å². The highest BCUT2D eigenvalue weighted by Gasteiger charge is 2.13. The van der Waals surface area contributed by atoms with Crippen molar-refractivity contribution in [1.29, 1.82) is 5.26 Å². The molecule has 2 rings (SSSR count). The van der Waals surface area contributed by atoms with Crippen LogP contribution in [0, 0.1) is 16.2 Å². The van der Waals surface area contributed by atoms with Crippen LogP contribution in [0.2, 0.25) is 0 Å². The van der Waals surface area contributed by atoms with Crippen LogP contribution in [0.3, 0.4) is 0 Å². The molecule has 17 heavy (non-hydrogen) atoms. The molecule has 2 aromatic rings. The molecule has 4 nitrogen and oxygen atoms in total. The van der Waals surface area contributed by atoms with Gasteiger partial charge in [0.2, 0.25) is 0 Å². The van der Waals surface area contributed by atoms with E-state index in [0.717, 1.165) is 5.56 Å². The maximum atomic E-state index is 10.3. The standard InChI is InChI=1S/C13H9N3O/c14-9-12(13-3-1-2-8-15-13)10-4-6-11(16-17)7-5-10/h1-8,12H. The molecular weight excluding hydrogens is 214 g/mol. The van der Waals surface area contributed by atoms with E-state index in [4.69, 9.17) is 0 Å². The Kier molecular flexibility index (Phi) is 3.22. The van der Waals surface area contributed by atoms with Crippen LogP contribution in [-0.2, 0) is 0 Å². The Bertz CT molecular complexity index is 543. The fourth-order valence-corrected chi connectivity index (χ4v) is 1.59. The van der Waals surface area contributed by atoms with Gasteiger partial charge >= 0.3 is 0 Å². The van der Waals surface area contributed by atoms with E-state index in [1.807, 2.05) is 6.07 Å². The predicted octanol–water partition coefficient (Wildman–Crippen LogP) is 3.13. The van der Waals surface area contributed by atoms with Gasteiger partial charge in [-0.05, 0) is 35.0 Å². The van der Waals surface area contributed by atoms with Crippen molar-refractivity contribution < 1.29 is 0 Å². The number of nitroso groups, excluding NO2 is 1. The van der Waals surface area contributed by atoms with E-state index in [2.05, 4.69) is 16.2 Å². The van der Waals surface area contributed by atoms with Gasteiger partial charge in [0, 0.05) is 6.20 Å². The zero-order valence-electron chi connectivity index (χ0n) is 8.95. The second-order valence-electron chi connectivity index (χ2n) is 3.50. The molecule has 0 aliphatic rings. The molecule has 1 heterocycles. The zero-order chi connectivity index (χ0) is 12.1. The van der Waals surface area contributed by atoms with Gasteiger partial charge in [-0.1, -0.05) is 18.2 Å². The Labute approximate surface area is 98.5 Å². The summed E-state index contributed by atoms with van der Waals surface area (Å²) in [6.45, 7) is 0. The highest BCUT2D eigenvalue weighted by atomic mass is 16.3. The van der Waals surface area contributed by atoms with Gasteiger partial charge in [0.15, 0.2) is 0 Å². The second kappa shape index (κ2) is 4.99. The lowest BCUT2D eigenvalue weighted by Gasteiger charge is -2.08. The minimum Gasteiger partial charge on any atom is -0.260 e. The molecule has 0 bridgehead atoms. The van der Waals surface area contributed by atoms with Crippen molar-refractivity contribution in [3.63, 3.8) is 0 Å². The third-order valence-electron chi connectivity index (χ3n) is 2.44. The summed E-state index contributed by atoms with van der Waals surface area (Å²) in [5.74, 6) is -0.420. The smallest absolute Gasteiger partial charge is 0.113 e. The second-order valence-corrected chi connectivity index (χ2v) is 3.50. The number of hydrogen-bond acceptors (Lipinski definition) is 4. The molecule has 1 aromatic carbocycles. The average molecular weight is 223 g/mol. The normalized spacial score (nSPS) is 11.5. The predicted molar refractivity (Wildman–Crippen MR) is 63.6 cm³/mol. The monoisotopic (exact) mass is 223 g/mol. The molecule has 0 spiro atoms. The van der Waals surface area contributed by atoms with Crippen LogP contribution in [0.15, 0.2) is 53.8 Å². The summed E-state index contributed by atoms with van der Waals surface area (Å²) in [5, 5.41) is 12.0. The Morgan fingerprint density at radius 2 is 1.94 bits per heavy atom. The fourth-order valence-electron chi connectivity index (χ4n) is 1.59. The minimum absolute atomic E-state index is 0.353. The molecular formula is C13H9N3O. The van der Waals surface area contributed by atoms with Crippen LogP contribution < -0.4 is 0 Å². The van der Waals surface area contributed by atoms with Gasteiger partial charge in [0.1, 0.15) is 11.6 Å². The van der Waals surface area contributed by atoms with Crippen molar-refractivity contribution in [2.75, 3.05) is 0 Å². The molecule has 0 fully saturated rings. The van der Waals surface area contributed by atoms with Crippen LogP contribution in [-0.4, -0.2) is 4.98 Å². The van der Waals surface area contributed by atoms with Crippen molar-refractivity contribution in [1.82, 2.24) is 4.98 Å². The molecule has 82 valence electrons. The molecule has 4 heteroatoms. The molecule has 0 N–H and O–H groups in total. The molecule has 0 radical (unpaired) electrons. The first kappa shape index (κ1) is 11.0. The number of rotatable bonds is 3. The van der Waals surface area contributed by atoms with E-state index >= 15 is 0 Å². The number of benzene rings is 1. The first-order valence-electron chi connectivity index (χ1n) is 5.09. The summed E-state index contributed by atoms with van der Waals surface area (Å²) in [7, 11) is 0. The van der Waals surface area contributed by atoms with E-state index in [1.165, 1.54) is 0 Å². The summed E-state index contributed by atoms with van der Waals surface area (Å²) in [5.41, 5.74) is 1.85. The maximum Gasteiger partial charge on any atom is 0.113 e. The van der Waals surface area contributed by atoms with Crippen molar-refractivity contribution in [3.05, 3.63) is 64.8 Å². The SMILES string of the molecule is N#CC(c1ccc(N=O)cc1)c1ccccn1. The van der Waals surface area contributed by atoms with Gasteiger partial charge in [0.05, 0.1) is 11.8 Å². The highest BCUT2D eigenvalue weighted by Crippen LogP contribution is 2.24. The number of aromatic nitrogens is 1. The lowest BCUT2D eigenvalue weighted by atomic mass is 9.96. The largest absolute Gasteiger partial charge is 0.260 e. The number of nitrogens with zero attached hydrogens (tertiary/aromatic N) is 3. The fraction of sp³-hybridized carbons (Fsp3) is 0.0769. The van der Waals surface area contributed by atoms with Gasteiger partial charge in [-0.2, -0.15) is 5.26 Å². The average Bonchev–Trinajstić information content (AvgIpc) is 2.42. The molecule has 0 aliphatic carbocycles. The van der Waals surface area contributed by atoms with E-state index in [0.29, 0.717) is 11.4 Å². The number of hydrogen-bond donors (Lipinski definition) is 0. The first-order valence-corrected chi connectivity index (χ1v) is 5.09. The molecule has 0 saturated carbocycles. The lowest BCUT2D eigenvalue weighted by Crippen LogP contribution is -1.99. The van der Waals surface area contributed by atoms with Crippen LogP contribution in [0.4, 0.5) is 5.69 Å². The summed E-state index contributed by atoms with van der Waals surface area (Å²) in [6.07, 6.45) is 1.65. The number of nitriles is 1. The van der Waals surface area contributed by atoms with Crippen molar-refractivity contribution in [3.8, 4) is 6.07 Å². The summed E-state index contributed by atoms with van der Waals surface area (Å²) in [4.78, 5) is 14.5.